The van der Waals surface area contributed by atoms with Gasteiger partial charge >= 0.3 is 5.56 Å². The molecule has 0 saturated carbocycles. The lowest BCUT2D eigenvalue weighted by Crippen LogP contribution is -2.40. The summed E-state index contributed by atoms with van der Waals surface area (Å²) in [6, 6.07) is 12.4. The van der Waals surface area contributed by atoms with Gasteiger partial charge in [0.15, 0.2) is 15.6 Å². The van der Waals surface area contributed by atoms with E-state index in [0.717, 1.165) is 10.9 Å². The average molecular weight is 479 g/mol. The summed E-state index contributed by atoms with van der Waals surface area (Å²) in [6.45, 7) is 2.49. The SMILES string of the molecule is CC(C)(O)C(O)COc1c(-c2ccc(S(C)(=O)=O)cc2)cnn(-c2ccc(Cl)cc2)c1=O. The zero-order chi connectivity index (χ0) is 23.7. The molecule has 2 aromatic carbocycles. The topological polar surface area (TPSA) is 119 Å². The number of ether oxygens (including phenoxy) is 1. The molecule has 0 bridgehead atoms. The molecule has 0 aliphatic rings. The number of aliphatic hydroxyl groups excluding tert-OH is 1. The molecule has 2 N–H and O–H groups in total. The Morgan fingerprint density at radius 2 is 1.72 bits per heavy atom. The highest BCUT2D eigenvalue weighted by Crippen LogP contribution is 2.28. The molecule has 3 rings (SSSR count). The third-order valence-corrected chi connectivity index (χ3v) is 6.18. The molecule has 0 aliphatic carbocycles. The summed E-state index contributed by atoms with van der Waals surface area (Å²) in [7, 11) is -3.39. The molecular weight excluding hydrogens is 456 g/mol. The molecule has 10 heteroatoms. The quantitative estimate of drug-likeness (QED) is 0.535. The summed E-state index contributed by atoms with van der Waals surface area (Å²) in [5.74, 6) is -0.106. The van der Waals surface area contributed by atoms with Crippen LogP contribution in [-0.2, 0) is 9.84 Å². The first-order valence-corrected chi connectivity index (χ1v) is 11.9. The number of aliphatic hydroxyl groups is 2. The van der Waals surface area contributed by atoms with E-state index in [4.69, 9.17) is 16.3 Å². The Labute approximate surface area is 190 Å². The molecule has 0 saturated heterocycles. The van der Waals surface area contributed by atoms with E-state index in [-0.39, 0.29) is 17.3 Å². The highest BCUT2D eigenvalue weighted by Gasteiger charge is 2.26. The molecule has 0 aliphatic heterocycles. The number of benzene rings is 2. The lowest BCUT2D eigenvalue weighted by atomic mass is 10.0. The first-order chi connectivity index (χ1) is 14.9. The average Bonchev–Trinajstić information content (AvgIpc) is 2.72. The Kier molecular flexibility index (Phi) is 6.75. The Morgan fingerprint density at radius 3 is 2.25 bits per heavy atom. The number of aromatic nitrogens is 2. The van der Waals surface area contributed by atoms with Crippen LogP contribution in [0.2, 0.25) is 5.02 Å². The van der Waals surface area contributed by atoms with E-state index in [9.17, 15) is 23.4 Å². The number of nitrogens with zero attached hydrogens (tertiary/aromatic N) is 2. The molecule has 1 atom stereocenters. The van der Waals surface area contributed by atoms with Gasteiger partial charge in [-0.3, -0.25) is 4.79 Å². The maximum atomic E-state index is 13.2. The van der Waals surface area contributed by atoms with Crippen molar-refractivity contribution in [3.05, 3.63) is 70.1 Å². The normalized spacial score (nSPS) is 13.1. The molecule has 0 fully saturated rings. The lowest BCUT2D eigenvalue weighted by Gasteiger charge is -2.24. The highest BCUT2D eigenvalue weighted by molar-refractivity contribution is 7.90. The fraction of sp³-hybridized carbons (Fsp3) is 0.273. The largest absolute Gasteiger partial charge is 0.484 e. The molecule has 0 radical (unpaired) electrons. The van der Waals surface area contributed by atoms with Crippen LogP contribution in [0.5, 0.6) is 5.75 Å². The van der Waals surface area contributed by atoms with Crippen LogP contribution in [0.4, 0.5) is 0 Å². The van der Waals surface area contributed by atoms with Gasteiger partial charge in [0, 0.05) is 16.8 Å². The lowest BCUT2D eigenvalue weighted by molar-refractivity contribution is -0.0663. The van der Waals surface area contributed by atoms with Crippen molar-refractivity contribution in [2.24, 2.45) is 0 Å². The standard InChI is InChI=1S/C22H23ClN2O6S/c1-22(2,28)19(26)13-31-20-18(14-4-10-17(11-5-14)32(3,29)30)12-24-25(21(20)27)16-8-6-15(23)7-9-16/h4-12,19,26,28H,13H2,1-3H3. The highest BCUT2D eigenvalue weighted by atomic mass is 35.5. The van der Waals surface area contributed by atoms with E-state index in [1.807, 2.05) is 0 Å². The Balaban J connectivity index is 2.10. The van der Waals surface area contributed by atoms with Crippen molar-refractivity contribution in [1.82, 2.24) is 9.78 Å². The van der Waals surface area contributed by atoms with E-state index in [1.165, 1.54) is 32.2 Å². The third-order valence-electron chi connectivity index (χ3n) is 4.80. The number of sulfone groups is 1. The van der Waals surface area contributed by atoms with Crippen LogP contribution in [0.3, 0.4) is 0 Å². The fourth-order valence-electron chi connectivity index (χ4n) is 2.80. The molecule has 3 aromatic rings. The summed E-state index contributed by atoms with van der Waals surface area (Å²) in [5, 5.41) is 24.9. The Morgan fingerprint density at radius 1 is 1.12 bits per heavy atom. The van der Waals surface area contributed by atoms with E-state index >= 15 is 0 Å². The van der Waals surface area contributed by atoms with Gasteiger partial charge < -0.3 is 14.9 Å². The molecule has 32 heavy (non-hydrogen) atoms. The fourth-order valence-corrected chi connectivity index (χ4v) is 3.55. The van der Waals surface area contributed by atoms with Crippen LogP contribution in [0, 0.1) is 0 Å². The predicted molar refractivity (Wildman–Crippen MR) is 121 cm³/mol. The molecule has 1 unspecified atom stereocenters. The van der Waals surface area contributed by atoms with Gasteiger partial charge in [-0.25, -0.2) is 8.42 Å². The minimum atomic E-state index is -3.39. The molecule has 1 heterocycles. The van der Waals surface area contributed by atoms with Crippen LogP contribution in [-0.4, -0.2) is 53.0 Å². The van der Waals surface area contributed by atoms with Crippen molar-refractivity contribution >= 4 is 21.4 Å². The van der Waals surface area contributed by atoms with Gasteiger partial charge in [-0.15, -0.1) is 0 Å². The first-order valence-electron chi connectivity index (χ1n) is 9.60. The van der Waals surface area contributed by atoms with Crippen LogP contribution in [0.25, 0.3) is 16.8 Å². The molecule has 0 spiro atoms. The van der Waals surface area contributed by atoms with Crippen molar-refractivity contribution in [2.45, 2.75) is 30.4 Å². The smallest absolute Gasteiger partial charge is 0.314 e. The number of rotatable bonds is 7. The number of halogens is 1. The molecular formula is C22H23ClN2O6S. The van der Waals surface area contributed by atoms with Gasteiger partial charge in [-0.05, 0) is 55.8 Å². The first kappa shape index (κ1) is 23.9. The van der Waals surface area contributed by atoms with Crippen LogP contribution < -0.4 is 10.3 Å². The summed E-state index contributed by atoms with van der Waals surface area (Å²) < 4.78 is 30.3. The minimum absolute atomic E-state index is 0.106. The number of hydrogen-bond donors (Lipinski definition) is 2. The van der Waals surface area contributed by atoms with E-state index < -0.39 is 27.1 Å². The van der Waals surface area contributed by atoms with E-state index in [2.05, 4.69) is 5.10 Å². The van der Waals surface area contributed by atoms with Crippen molar-refractivity contribution in [3.8, 4) is 22.6 Å². The maximum Gasteiger partial charge on any atom is 0.314 e. The van der Waals surface area contributed by atoms with Gasteiger partial charge in [0.25, 0.3) is 0 Å². The zero-order valence-corrected chi connectivity index (χ0v) is 19.3. The molecule has 0 amide bonds. The second kappa shape index (κ2) is 9.03. The van der Waals surface area contributed by atoms with Crippen LogP contribution in [0.15, 0.2) is 64.4 Å². The van der Waals surface area contributed by atoms with Crippen molar-refractivity contribution in [3.63, 3.8) is 0 Å². The second-order valence-electron chi connectivity index (χ2n) is 7.86. The summed E-state index contributed by atoms with van der Waals surface area (Å²) >= 11 is 5.92. The Bertz CT molecular complexity index is 1260. The van der Waals surface area contributed by atoms with Crippen molar-refractivity contribution in [2.75, 3.05) is 12.9 Å². The number of hydrogen-bond acceptors (Lipinski definition) is 7. The summed E-state index contributed by atoms with van der Waals surface area (Å²) in [6.07, 6.45) is 1.25. The third kappa shape index (κ3) is 5.36. The second-order valence-corrected chi connectivity index (χ2v) is 10.3. The predicted octanol–water partition coefficient (Wildman–Crippen LogP) is 2.47. The maximum absolute atomic E-state index is 13.2. The van der Waals surface area contributed by atoms with Gasteiger partial charge in [0.05, 0.1) is 22.4 Å². The van der Waals surface area contributed by atoms with E-state index in [1.54, 1.807) is 36.4 Å². The van der Waals surface area contributed by atoms with Gasteiger partial charge in [0.2, 0.25) is 0 Å². The molecule has 1 aromatic heterocycles. The van der Waals surface area contributed by atoms with Crippen LogP contribution >= 0.6 is 11.6 Å². The minimum Gasteiger partial charge on any atom is -0.484 e. The molecule has 170 valence electrons. The van der Waals surface area contributed by atoms with E-state index in [0.29, 0.717) is 21.8 Å². The summed E-state index contributed by atoms with van der Waals surface area (Å²) in [4.78, 5) is 13.4. The monoisotopic (exact) mass is 478 g/mol. The van der Waals surface area contributed by atoms with Gasteiger partial charge in [0.1, 0.15) is 12.7 Å². The van der Waals surface area contributed by atoms with Crippen LogP contribution in [0.1, 0.15) is 13.8 Å². The van der Waals surface area contributed by atoms with Crippen molar-refractivity contribution in [1.29, 1.82) is 0 Å². The Hall–Kier alpha value is -2.72. The summed E-state index contributed by atoms with van der Waals surface area (Å²) in [5.41, 5.74) is -0.785. The van der Waals surface area contributed by atoms with Crippen molar-refractivity contribution < 1.29 is 23.4 Å². The van der Waals surface area contributed by atoms with Gasteiger partial charge in [-0.1, -0.05) is 23.7 Å². The zero-order valence-electron chi connectivity index (χ0n) is 17.7. The van der Waals surface area contributed by atoms with Gasteiger partial charge in [-0.2, -0.15) is 9.78 Å². The molecule has 8 nitrogen and oxygen atoms in total.